The van der Waals surface area contributed by atoms with E-state index >= 15 is 0 Å². The van der Waals surface area contributed by atoms with Gasteiger partial charge in [0.25, 0.3) is 0 Å². The monoisotopic (exact) mass is 304 g/mol. The summed E-state index contributed by atoms with van der Waals surface area (Å²) in [6.45, 7) is 3.02. The van der Waals surface area contributed by atoms with Crippen molar-refractivity contribution < 1.29 is 13.9 Å². The number of rotatable bonds is 4. The molecule has 118 valence electrons. The molecule has 3 rings (SSSR count). The van der Waals surface area contributed by atoms with Crippen LogP contribution in [-0.4, -0.2) is 33.7 Å². The van der Waals surface area contributed by atoms with Gasteiger partial charge in [0.1, 0.15) is 12.1 Å². The van der Waals surface area contributed by atoms with E-state index in [1.807, 2.05) is 0 Å². The van der Waals surface area contributed by atoms with Crippen LogP contribution in [0.25, 0.3) is 11.5 Å². The van der Waals surface area contributed by atoms with Gasteiger partial charge in [0.05, 0.1) is 12.3 Å². The molecule has 0 spiro atoms. The number of hydrogen-bond acceptors (Lipinski definition) is 4. The number of halogens is 1. The van der Waals surface area contributed by atoms with Gasteiger partial charge in [0.15, 0.2) is 0 Å². The van der Waals surface area contributed by atoms with Crippen LogP contribution in [0.2, 0.25) is 0 Å². The van der Waals surface area contributed by atoms with E-state index in [0.29, 0.717) is 18.5 Å². The third kappa shape index (κ3) is 3.20. The lowest BCUT2D eigenvalue weighted by Gasteiger charge is -2.39. The largest absolute Gasteiger partial charge is 0.444 e. The Kier molecular flexibility index (Phi) is 4.55. The Bertz CT molecular complexity index is 611. The molecule has 2 unspecified atom stereocenters. The smallest absolute Gasteiger partial charge is 0.226 e. The first kappa shape index (κ1) is 15.2. The van der Waals surface area contributed by atoms with Crippen molar-refractivity contribution in [3.8, 4) is 11.5 Å². The van der Waals surface area contributed by atoms with Gasteiger partial charge in [-0.3, -0.25) is 4.90 Å². The molecule has 0 bridgehead atoms. The highest BCUT2D eigenvalue weighted by molar-refractivity contribution is 5.52. The molecule has 0 radical (unpaired) electrons. The Hall–Kier alpha value is -1.72. The molecule has 22 heavy (non-hydrogen) atoms. The summed E-state index contributed by atoms with van der Waals surface area (Å²) < 4.78 is 18.5. The predicted octanol–water partition coefficient (Wildman–Crippen LogP) is 3.22. The van der Waals surface area contributed by atoms with Gasteiger partial charge >= 0.3 is 0 Å². The predicted molar refractivity (Wildman–Crippen MR) is 81.6 cm³/mol. The van der Waals surface area contributed by atoms with Crippen molar-refractivity contribution >= 4 is 0 Å². The third-order valence-corrected chi connectivity index (χ3v) is 4.39. The highest BCUT2D eigenvalue weighted by atomic mass is 19.1. The maximum atomic E-state index is 13.0. The summed E-state index contributed by atoms with van der Waals surface area (Å²) in [6.07, 6.45) is 4.96. The van der Waals surface area contributed by atoms with E-state index in [1.165, 1.54) is 12.1 Å². The summed E-state index contributed by atoms with van der Waals surface area (Å²) in [4.78, 5) is 6.78. The normalized spacial score (nSPS) is 22.9. The van der Waals surface area contributed by atoms with Gasteiger partial charge in [0.2, 0.25) is 5.89 Å². The zero-order valence-electron chi connectivity index (χ0n) is 12.7. The van der Waals surface area contributed by atoms with E-state index in [1.54, 1.807) is 18.4 Å². The van der Waals surface area contributed by atoms with Gasteiger partial charge in [-0.15, -0.1) is 0 Å². The molecule has 5 heteroatoms. The molecule has 4 nitrogen and oxygen atoms in total. The lowest BCUT2D eigenvalue weighted by atomic mass is 9.97. The van der Waals surface area contributed by atoms with Gasteiger partial charge < -0.3 is 9.52 Å². The second-order valence-electron chi connectivity index (χ2n) is 5.94. The summed E-state index contributed by atoms with van der Waals surface area (Å²) in [7, 11) is 0. The molecule has 2 aromatic rings. The maximum absolute atomic E-state index is 13.0. The Morgan fingerprint density at radius 1 is 1.32 bits per heavy atom. The van der Waals surface area contributed by atoms with E-state index in [2.05, 4.69) is 16.8 Å². The van der Waals surface area contributed by atoms with Crippen LogP contribution < -0.4 is 0 Å². The van der Waals surface area contributed by atoms with Crippen molar-refractivity contribution in [2.24, 2.45) is 0 Å². The standard InChI is InChI=1S/C17H21FN2O2/c1-12-3-2-4-16(10-21)20(12)9-15-11-22-17(19-15)13-5-7-14(18)8-6-13/h5-8,11-12,16,21H,2-4,9-10H2,1H3. The van der Waals surface area contributed by atoms with Crippen molar-refractivity contribution in [2.45, 2.75) is 44.8 Å². The van der Waals surface area contributed by atoms with Gasteiger partial charge in [-0.05, 0) is 44.0 Å². The van der Waals surface area contributed by atoms with Crippen LogP contribution in [0.1, 0.15) is 31.9 Å². The second kappa shape index (κ2) is 6.58. The van der Waals surface area contributed by atoms with Gasteiger partial charge in [-0.2, -0.15) is 0 Å². The van der Waals surface area contributed by atoms with Gasteiger partial charge in [0, 0.05) is 24.2 Å². The molecule has 1 aromatic carbocycles. The van der Waals surface area contributed by atoms with Crippen LogP contribution in [0, 0.1) is 5.82 Å². The second-order valence-corrected chi connectivity index (χ2v) is 5.94. The number of piperidine rings is 1. The molecule has 1 aliphatic rings. The molecule has 2 heterocycles. The minimum Gasteiger partial charge on any atom is -0.444 e. The Morgan fingerprint density at radius 2 is 2.09 bits per heavy atom. The fourth-order valence-electron chi connectivity index (χ4n) is 3.11. The highest BCUT2D eigenvalue weighted by Gasteiger charge is 2.28. The number of nitrogens with zero attached hydrogens (tertiary/aromatic N) is 2. The van der Waals surface area contributed by atoms with E-state index < -0.39 is 0 Å². The van der Waals surface area contributed by atoms with Crippen molar-refractivity contribution in [1.82, 2.24) is 9.88 Å². The number of benzene rings is 1. The molecule has 0 saturated carbocycles. The minimum absolute atomic E-state index is 0.174. The van der Waals surface area contributed by atoms with Crippen LogP contribution in [0.4, 0.5) is 4.39 Å². The molecule has 1 aliphatic heterocycles. The number of oxazole rings is 1. The molecule has 2 atom stereocenters. The first-order valence-corrected chi connectivity index (χ1v) is 7.74. The van der Waals surface area contributed by atoms with Gasteiger partial charge in [-0.25, -0.2) is 9.37 Å². The van der Waals surface area contributed by atoms with Crippen LogP contribution in [0.5, 0.6) is 0 Å². The fourth-order valence-corrected chi connectivity index (χ4v) is 3.11. The number of aliphatic hydroxyl groups excluding tert-OH is 1. The SMILES string of the molecule is CC1CCCC(CO)N1Cc1coc(-c2ccc(F)cc2)n1. The zero-order valence-corrected chi connectivity index (χ0v) is 12.7. The Labute approximate surface area is 129 Å². The van der Waals surface area contributed by atoms with Crippen molar-refractivity contribution in [2.75, 3.05) is 6.61 Å². The van der Waals surface area contributed by atoms with Crippen LogP contribution in [-0.2, 0) is 6.54 Å². The van der Waals surface area contributed by atoms with Crippen molar-refractivity contribution in [3.05, 3.63) is 42.0 Å². The molecule has 1 fully saturated rings. The molecular formula is C17H21FN2O2. The van der Waals surface area contributed by atoms with E-state index in [-0.39, 0.29) is 18.5 Å². The average Bonchev–Trinajstić information content (AvgIpc) is 2.98. The quantitative estimate of drug-likeness (QED) is 0.942. The summed E-state index contributed by atoms with van der Waals surface area (Å²) in [5.74, 6) is 0.226. The lowest BCUT2D eigenvalue weighted by molar-refractivity contribution is 0.0442. The summed E-state index contributed by atoms with van der Waals surface area (Å²) >= 11 is 0. The zero-order chi connectivity index (χ0) is 15.5. The van der Waals surface area contributed by atoms with Crippen LogP contribution in [0.15, 0.2) is 34.9 Å². The molecule has 1 N–H and O–H groups in total. The molecule has 0 amide bonds. The maximum Gasteiger partial charge on any atom is 0.226 e. The molecular weight excluding hydrogens is 283 g/mol. The number of aliphatic hydroxyl groups is 1. The molecule has 1 aromatic heterocycles. The third-order valence-electron chi connectivity index (χ3n) is 4.39. The van der Waals surface area contributed by atoms with E-state index in [9.17, 15) is 9.50 Å². The summed E-state index contributed by atoms with van der Waals surface area (Å²) in [6, 6.07) is 6.73. The lowest BCUT2D eigenvalue weighted by Crippen LogP contribution is -2.46. The molecule has 1 saturated heterocycles. The Balaban J connectivity index is 1.74. The average molecular weight is 304 g/mol. The Morgan fingerprint density at radius 3 is 2.82 bits per heavy atom. The first-order valence-electron chi connectivity index (χ1n) is 7.74. The first-order chi connectivity index (χ1) is 10.7. The number of aromatic nitrogens is 1. The van der Waals surface area contributed by atoms with Crippen molar-refractivity contribution in [3.63, 3.8) is 0 Å². The van der Waals surface area contributed by atoms with E-state index in [0.717, 1.165) is 30.5 Å². The van der Waals surface area contributed by atoms with Gasteiger partial charge in [-0.1, -0.05) is 6.42 Å². The summed E-state index contributed by atoms with van der Waals surface area (Å²) in [5.41, 5.74) is 1.60. The van der Waals surface area contributed by atoms with E-state index in [4.69, 9.17) is 4.42 Å². The van der Waals surface area contributed by atoms with Crippen LogP contribution >= 0.6 is 0 Å². The highest BCUT2D eigenvalue weighted by Crippen LogP contribution is 2.26. The number of likely N-dealkylation sites (tertiary alicyclic amines) is 1. The number of hydrogen-bond donors (Lipinski definition) is 1. The van der Waals surface area contributed by atoms with Crippen LogP contribution in [0.3, 0.4) is 0 Å². The van der Waals surface area contributed by atoms with Crippen molar-refractivity contribution in [1.29, 1.82) is 0 Å². The summed E-state index contributed by atoms with van der Waals surface area (Å²) in [5, 5.41) is 9.55. The fraction of sp³-hybridized carbons (Fsp3) is 0.471. The minimum atomic E-state index is -0.275. The topological polar surface area (TPSA) is 49.5 Å². The molecule has 0 aliphatic carbocycles.